The van der Waals surface area contributed by atoms with Crippen LogP contribution in [0.3, 0.4) is 0 Å². The molecule has 0 amide bonds. The topological polar surface area (TPSA) is 68.3 Å². The highest BCUT2D eigenvalue weighted by atomic mass is 19.4. The van der Waals surface area contributed by atoms with E-state index in [1.807, 2.05) is 13.8 Å². The van der Waals surface area contributed by atoms with Gasteiger partial charge in [0, 0.05) is 29.4 Å². The molecule has 0 bridgehead atoms. The van der Waals surface area contributed by atoms with Crippen molar-refractivity contribution >= 4 is 17.5 Å². The lowest BCUT2D eigenvalue weighted by atomic mass is 10.1. The molecule has 12 heteroatoms. The van der Waals surface area contributed by atoms with Crippen LogP contribution >= 0.6 is 0 Å². The number of nitrogens with zero attached hydrogens (tertiary/aromatic N) is 2. The van der Waals surface area contributed by atoms with Crippen molar-refractivity contribution in [2.75, 3.05) is 10.6 Å². The Kier molecular flexibility index (Phi) is 6.84. The predicted molar refractivity (Wildman–Crippen MR) is 109 cm³/mol. The van der Waals surface area contributed by atoms with Gasteiger partial charge in [-0.05, 0) is 38.1 Å². The maximum atomic E-state index is 12.6. The lowest BCUT2D eigenvalue weighted by Crippen LogP contribution is -2.17. The van der Waals surface area contributed by atoms with E-state index < -0.39 is 24.2 Å². The summed E-state index contributed by atoms with van der Waals surface area (Å²) in [5.41, 5.74) is 0.806. The Morgan fingerprint density at radius 2 is 1.39 bits per heavy atom. The summed E-state index contributed by atoms with van der Waals surface area (Å²) >= 11 is 0. The molecule has 0 unspecified atom stereocenters. The van der Waals surface area contributed by atoms with Crippen molar-refractivity contribution in [1.29, 1.82) is 0 Å². The third-order valence-electron chi connectivity index (χ3n) is 3.85. The summed E-state index contributed by atoms with van der Waals surface area (Å²) in [6, 6.07) is 11.7. The summed E-state index contributed by atoms with van der Waals surface area (Å²) in [6.07, 6.45) is -9.70. The minimum atomic E-state index is -4.86. The zero-order valence-corrected chi connectivity index (χ0v) is 17.3. The molecule has 6 nitrogen and oxygen atoms in total. The Hall–Kier alpha value is -3.70. The van der Waals surface area contributed by atoms with Crippen molar-refractivity contribution in [3.8, 4) is 22.8 Å². The van der Waals surface area contributed by atoms with Gasteiger partial charge in [0.1, 0.15) is 17.3 Å². The highest BCUT2D eigenvalue weighted by Gasteiger charge is 2.32. The highest BCUT2D eigenvalue weighted by molar-refractivity contribution is 5.68. The number of aromatic nitrogens is 2. The van der Waals surface area contributed by atoms with E-state index >= 15 is 0 Å². The number of anilines is 3. The van der Waals surface area contributed by atoms with Crippen molar-refractivity contribution in [3.05, 3.63) is 54.6 Å². The Morgan fingerprint density at radius 3 is 2.00 bits per heavy atom. The van der Waals surface area contributed by atoms with E-state index in [1.54, 1.807) is 0 Å². The summed E-state index contributed by atoms with van der Waals surface area (Å²) in [6.45, 7) is 3.66. The molecule has 0 aliphatic rings. The van der Waals surface area contributed by atoms with E-state index in [0.717, 1.165) is 24.3 Å². The molecule has 1 heterocycles. The first kappa shape index (κ1) is 24.0. The first-order valence-electron chi connectivity index (χ1n) is 9.51. The summed E-state index contributed by atoms with van der Waals surface area (Å²) in [5.74, 6) is -0.507. The van der Waals surface area contributed by atoms with Crippen LogP contribution in [0.5, 0.6) is 11.5 Å². The van der Waals surface area contributed by atoms with Gasteiger partial charge >= 0.3 is 12.7 Å². The predicted octanol–water partition coefficient (Wildman–Crippen LogP) is 6.50. The average molecular weight is 472 g/mol. The second-order valence-corrected chi connectivity index (χ2v) is 7.04. The number of ether oxygens (including phenoxy) is 2. The fourth-order valence-electron chi connectivity index (χ4n) is 2.75. The number of hydrogen-bond donors (Lipinski definition) is 2. The number of hydrogen-bond acceptors (Lipinski definition) is 6. The molecule has 3 aromatic rings. The third kappa shape index (κ3) is 7.74. The number of nitrogens with one attached hydrogen (secondary N) is 2. The van der Waals surface area contributed by atoms with Gasteiger partial charge < -0.3 is 20.1 Å². The Morgan fingerprint density at radius 1 is 0.788 bits per heavy atom. The van der Waals surface area contributed by atoms with Crippen molar-refractivity contribution in [3.63, 3.8) is 0 Å². The fourth-order valence-corrected chi connectivity index (χ4v) is 2.75. The van der Waals surface area contributed by atoms with Gasteiger partial charge in [0.05, 0.1) is 5.69 Å². The van der Waals surface area contributed by atoms with Crippen molar-refractivity contribution in [2.24, 2.45) is 0 Å². The van der Waals surface area contributed by atoms with Crippen LogP contribution in [0.25, 0.3) is 11.3 Å². The number of alkyl halides is 6. The number of rotatable bonds is 7. The standard InChI is InChI=1S/C21H18F6N4O2/c1-12(2)28-19-30-17(13-5-3-7-15(9-13)32-20(22,23)24)11-18(31-19)29-14-6-4-8-16(10-14)33-21(25,26)27/h3-12H,1-2H3,(H2,28,29,30,31). The molecule has 0 saturated carbocycles. The molecule has 0 spiro atoms. The number of halogens is 6. The van der Waals surface area contributed by atoms with Gasteiger partial charge in [0.15, 0.2) is 0 Å². The largest absolute Gasteiger partial charge is 0.573 e. The van der Waals surface area contributed by atoms with Crippen molar-refractivity contribution in [2.45, 2.75) is 32.6 Å². The first-order valence-corrected chi connectivity index (χ1v) is 9.51. The van der Waals surface area contributed by atoms with Gasteiger partial charge in [-0.1, -0.05) is 18.2 Å². The molecule has 2 aromatic carbocycles. The van der Waals surface area contributed by atoms with Crippen LogP contribution in [0.2, 0.25) is 0 Å². The van der Waals surface area contributed by atoms with Gasteiger partial charge in [-0.2, -0.15) is 4.98 Å². The van der Waals surface area contributed by atoms with Crippen LogP contribution in [-0.2, 0) is 0 Å². The van der Waals surface area contributed by atoms with Crippen LogP contribution in [-0.4, -0.2) is 28.7 Å². The molecule has 2 N–H and O–H groups in total. The summed E-state index contributed by atoms with van der Waals surface area (Å²) in [7, 11) is 0. The van der Waals surface area contributed by atoms with Crippen molar-refractivity contribution in [1.82, 2.24) is 9.97 Å². The maximum Gasteiger partial charge on any atom is 0.573 e. The van der Waals surface area contributed by atoms with Gasteiger partial charge in [0.25, 0.3) is 0 Å². The zero-order valence-electron chi connectivity index (χ0n) is 17.3. The Balaban J connectivity index is 1.95. The van der Waals surface area contributed by atoms with Gasteiger partial charge in [-0.3, -0.25) is 0 Å². The second kappa shape index (κ2) is 9.43. The van der Waals surface area contributed by atoms with E-state index in [1.165, 1.54) is 30.3 Å². The van der Waals surface area contributed by atoms with E-state index in [-0.39, 0.29) is 29.2 Å². The van der Waals surface area contributed by atoms with Crippen LogP contribution in [0.15, 0.2) is 54.6 Å². The third-order valence-corrected chi connectivity index (χ3v) is 3.85. The molecular formula is C21H18F6N4O2. The smallest absolute Gasteiger partial charge is 0.406 e. The monoisotopic (exact) mass is 472 g/mol. The molecule has 0 fully saturated rings. The molecule has 3 rings (SSSR count). The highest BCUT2D eigenvalue weighted by Crippen LogP contribution is 2.30. The normalized spacial score (nSPS) is 11.9. The number of benzene rings is 2. The SMILES string of the molecule is CC(C)Nc1nc(Nc2cccc(OC(F)(F)F)c2)cc(-c2cccc(OC(F)(F)F)c2)n1. The first-order chi connectivity index (χ1) is 15.4. The van der Waals surface area contributed by atoms with Gasteiger partial charge in [-0.15, -0.1) is 26.3 Å². The molecule has 176 valence electrons. The van der Waals surface area contributed by atoms with Crippen LogP contribution in [0.4, 0.5) is 43.8 Å². The van der Waals surface area contributed by atoms with E-state index in [0.29, 0.717) is 5.56 Å². The van der Waals surface area contributed by atoms with E-state index in [9.17, 15) is 26.3 Å². The van der Waals surface area contributed by atoms with Crippen molar-refractivity contribution < 1.29 is 35.8 Å². The molecule has 0 radical (unpaired) electrons. The zero-order chi connectivity index (χ0) is 24.2. The van der Waals surface area contributed by atoms with Crippen LogP contribution in [0.1, 0.15) is 13.8 Å². The van der Waals surface area contributed by atoms with Gasteiger partial charge in [0.2, 0.25) is 5.95 Å². The minimum Gasteiger partial charge on any atom is -0.406 e. The quantitative estimate of drug-likeness (QED) is 0.383. The molecule has 1 aromatic heterocycles. The summed E-state index contributed by atoms with van der Waals surface area (Å²) < 4.78 is 83.1. The van der Waals surface area contributed by atoms with Crippen LogP contribution < -0.4 is 20.1 Å². The Bertz CT molecular complexity index is 1100. The Labute approximate surface area is 184 Å². The molecule has 0 aliphatic carbocycles. The molecule has 33 heavy (non-hydrogen) atoms. The molecule has 0 aliphatic heterocycles. The molecular weight excluding hydrogens is 454 g/mol. The average Bonchev–Trinajstić information content (AvgIpc) is 2.65. The molecule has 0 atom stereocenters. The van der Waals surface area contributed by atoms with Gasteiger partial charge in [-0.25, -0.2) is 4.98 Å². The second-order valence-electron chi connectivity index (χ2n) is 7.04. The minimum absolute atomic E-state index is 0.0727. The van der Waals surface area contributed by atoms with Crippen LogP contribution in [0, 0.1) is 0 Å². The summed E-state index contributed by atoms with van der Waals surface area (Å²) in [5, 5.41) is 5.85. The lowest BCUT2D eigenvalue weighted by Gasteiger charge is -2.15. The van der Waals surface area contributed by atoms with E-state index in [4.69, 9.17) is 0 Å². The summed E-state index contributed by atoms with van der Waals surface area (Å²) in [4.78, 5) is 8.59. The van der Waals surface area contributed by atoms with E-state index in [2.05, 4.69) is 30.1 Å². The fraction of sp³-hybridized carbons (Fsp3) is 0.238. The maximum absolute atomic E-state index is 12.6. The lowest BCUT2D eigenvalue weighted by molar-refractivity contribution is -0.275. The molecule has 0 saturated heterocycles.